The maximum atomic E-state index is 13.0. The molecule has 2 heterocycles. The van der Waals surface area contributed by atoms with Crippen LogP contribution in [-0.2, 0) is 21.5 Å². The van der Waals surface area contributed by atoms with Gasteiger partial charge in [0, 0.05) is 37.7 Å². The molecule has 0 saturated carbocycles. The van der Waals surface area contributed by atoms with E-state index in [1.54, 1.807) is 16.4 Å². The van der Waals surface area contributed by atoms with Crippen LogP contribution in [0.1, 0.15) is 44.1 Å². The average molecular weight is 414 g/mol. The van der Waals surface area contributed by atoms with Crippen molar-refractivity contribution in [3.63, 3.8) is 0 Å². The molecule has 150 valence electrons. The molecule has 8 heteroatoms. The van der Waals surface area contributed by atoms with Crippen LogP contribution < -0.4 is 5.32 Å². The van der Waals surface area contributed by atoms with Crippen LogP contribution in [0.4, 0.5) is 0 Å². The Bertz CT molecular complexity index is 731. The van der Waals surface area contributed by atoms with E-state index in [0.717, 1.165) is 37.7 Å². The van der Waals surface area contributed by atoms with Crippen LogP contribution in [0.25, 0.3) is 0 Å². The van der Waals surface area contributed by atoms with Gasteiger partial charge in [-0.05, 0) is 43.4 Å². The standard InChI is InChI=1S/C19H28ClN3O3S/c20-18-9-7-16(8-10-18)14-21-19(24)17-6-5-13-23(15-17)27(25,26)22-11-3-1-2-4-12-22/h7-10,17H,1-6,11-15H2,(H,21,24). The molecule has 2 fully saturated rings. The van der Waals surface area contributed by atoms with Gasteiger partial charge in [-0.25, -0.2) is 0 Å². The summed E-state index contributed by atoms with van der Waals surface area (Å²) in [4.78, 5) is 12.6. The van der Waals surface area contributed by atoms with Gasteiger partial charge in [-0.15, -0.1) is 0 Å². The third-order valence-corrected chi connectivity index (χ3v) is 7.61. The van der Waals surface area contributed by atoms with Crippen LogP contribution >= 0.6 is 11.6 Å². The first-order chi connectivity index (χ1) is 13.0. The van der Waals surface area contributed by atoms with Gasteiger partial charge in [0.05, 0.1) is 5.92 Å². The molecule has 0 bridgehead atoms. The fraction of sp³-hybridized carbons (Fsp3) is 0.632. The molecular weight excluding hydrogens is 386 g/mol. The Morgan fingerprint density at radius 3 is 2.30 bits per heavy atom. The van der Waals surface area contributed by atoms with Crippen molar-refractivity contribution < 1.29 is 13.2 Å². The monoisotopic (exact) mass is 413 g/mol. The summed E-state index contributed by atoms with van der Waals surface area (Å²) in [6.07, 6.45) is 5.43. The van der Waals surface area contributed by atoms with Crippen molar-refractivity contribution in [1.29, 1.82) is 0 Å². The highest BCUT2D eigenvalue weighted by molar-refractivity contribution is 7.86. The number of carbonyl (C=O) groups excluding carboxylic acids is 1. The third-order valence-electron chi connectivity index (χ3n) is 5.35. The zero-order chi connectivity index (χ0) is 19.3. The van der Waals surface area contributed by atoms with E-state index in [1.165, 1.54) is 4.31 Å². The summed E-state index contributed by atoms with van der Waals surface area (Å²) in [7, 11) is -3.47. The summed E-state index contributed by atoms with van der Waals surface area (Å²) in [5, 5.41) is 3.59. The third kappa shape index (κ3) is 5.44. The van der Waals surface area contributed by atoms with E-state index >= 15 is 0 Å². The number of hydrogen-bond donors (Lipinski definition) is 1. The second kappa shape index (κ2) is 9.37. The fourth-order valence-corrected chi connectivity index (χ4v) is 5.64. The summed E-state index contributed by atoms with van der Waals surface area (Å²) in [5.41, 5.74) is 0.970. The first kappa shape index (κ1) is 20.6. The Labute approximate surface area is 167 Å². The molecule has 0 aliphatic carbocycles. The van der Waals surface area contributed by atoms with Gasteiger partial charge < -0.3 is 5.32 Å². The molecule has 1 unspecified atom stereocenters. The van der Waals surface area contributed by atoms with Crippen LogP contribution in [0.15, 0.2) is 24.3 Å². The molecule has 1 atom stereocenters. The highest BCUT2D eigenvalue weighted by Gasteiger charge is 2.35. The minimum absolute atomic E-state index is 0.0827. The molecule has 2 aliphatic rings. The number of hydrogen-bond acceptors (Lipinski definition) is 3. The first-order valence-electron chi connectivity index (χ1n) is 9.74. The van der Waals surface area contributed by atoms with Gasteiger partial charge in [0.2, 0.25) is 5.91 Å². The zero-order valence-electron chi connectivity index (χ0n) is 15.6. The molecule has 27 heavy (non-hydrogen) atoms. The van der Waals surface area contributed by atoms with Crippen molar-refractivity contribution in [2.75, 3.05) is 26.2 Å². The maximum absolute atomic E-state index is 13.0. The van der Waals surface area contributed by atoms with E-state index in [9.17, 15) is 13.2 Å². The highest BCUT2D eigenvalue weighted by Crippen LogP contribution is 2.23. The lowest BCUT2D eigenvalue weighted by molar-refractivity contribution is -0.126. The quantitative estimate of drug-likeness (QED) is 0.806. The molecule has 1 amide bonds. The Morgan fingerprint density at radius 1 is 1.00 bits per heavy atom. The summed E-state index contributed by atoms with van der Waals surface area (Å²) < 4.78 is 29.1. The van der Waals surface area contributed by atoms with Gasteiger partial charge in [0.25, 0.3) is 10.2 Å². The predicted octanol–water partition coefficient (Wildman–Crippen LogP) is 2.79. The van der Waals surface area contributed by atoms with E-state index in [4.69, 9.17) is 11.6 Å². The molecule has 3 rings (SSSR count). The Hall–Kier alpha value is -1.15. The zero-order valence-corrected chi connectivity index (χ0v) is 17.1. The molecule has 0 radical (unpaired) electrons. The van der Waals surface area contributed by atoms with E-state index < -0.39 is 10.2 Å². The van der Waals surface area contributed by atoms with Crippen LogP contribution in [-0.4, -0.2) is 49.1 Å². The lowest BCUT2D eigenvalue weighted by atomic mass is 9.99. The van der Waals surface area contributed by atoms with Gasteiger partial charge in [0.15, 0.2) is 0 Å². The summed E-state index contributed by atoms with van der Waals surface area (Å²) >= 11 is 5.88. The van der Waals surface area contributed by atoms with Crippen LogP contribution in [0.5, 0.6) is 0 Å². The summed E-state index contributed by atoms with van der Waals surface area (Å²) in [6, 6.07) is 7.33. The molecule has 6 nitrogen and oxygen atoms in total. The van der Waals surface area contributed by atoms with E-state index in [2.05, 4.69) is 5.32 Å². The lowest BCUT2D eigenvalue weighted by Gasteiger charge is -2.34. The molecule has 1 N–H and O–H groups in total. The summed E-state index contributed by atoms with van der Waals surface area (Å²) in [5.74, 6) is -0.381. The topological polar surface area (TPSA) is 69.7 Å². The fourth-order valence-electron chi connectivity index (χ4n) is 3.74. The maximum Gasteiger partial charge on any atom is 0.281 e. The molecule has 0 aromatic heterocycles. The van der Waals surface area contributed by atoms with Gasteiger partial charge in [-0.2, -0.15) is 17.0 Å². The van der Waals surface area contributed by atoms with Crippen molar-refractivity contribution >= 4 is 27.7 Å². The number of piperidine rings is 1. The van der Waals surface area contributed by atoms with Crippen molar-refractivity contribution in [3.8, 4) is 0 Å². The second-order valence-corrected chi connectivity index (χ2v) is 9.73. The number of benzene rings is 1. The smallest absolute Gasteiger partial charge is 0.281 e. The first-order valence-corrected chi connectivity index (χ1v) is 11.5. The molecular formula is C19H28ClN3O3S. The van der Waals surface area contributed by atoms with Crippen LogP contribution in [0, 0.1) is 5.92 Å². The average Bonchev–Trinajstić information content (AvgIpc) is 2.97. The van der Waals surface area contributed by atoms with Crippen molar-refractivity contribution in [2.45, 2.75) is 45.1 Å². The Balaban J connectivity index is 1.57. The largest absolute Gasteiger partial charge is 0.352 e. The van der Waals surface area contributed by atoms with Gasteiger partial charge >= 0.3 is 0 Å². The van der Waals surface area contributed by atoms with E-state index in [1.807, 2.05) is 12.1 Å². The SMILES string of the molecule is O=C(NCc1ccc(Cl)cc1)C1CCCN(S(=O)(=O)N2CCCCCC2)C1. The van der Waals surface area contributed by atoms with Crippen molar-refractivity contribution in [3.05, 3.63) is 34.9 Å². The number of amides is 1. The van der Waals surface area contributed by atoms with Crippen molar-refractivity contribution in [2.24, 2.45) is 5.92 Å². The van der Waals surface area contributed by atoms with E-state index in [-0.39, 0.29) is 18.4 Å². The van der Waals surface area contributed by atoms with Crippen LogP contribution in [0.3, 0.4) is 0 Å². The van der Waals surface area contributed by atoms with Gasteiger partial charge in [-0.1, -0.05) is 36.6 Å². The Kier molecular flexibility index (Phi) is 7.14. The number of rotatable bonds is 5. The number of nitrogens with one attached hydrogen (secondary N) is 1. The Morgan fingerprint density at radius 2 is 1.63 bits per heavy atom. The number of halogens is 1. The minimum atomic E-state index is -3.47. The predicted molar refractivity (Wildman–Crippen MR) is 107 cm³/mol. The van der Waals surface area contributed by atoms with Gasteiger partial charge in [-0.3, -0.25) is 4.79 Å². The molecule has 1 aromatic rings. The van der Waals surface area contributed by atoms with E-state index in [0.29, 0.717) is 37.6 Å². The summed E-state index contributed by atoms with van der Waals surface area (Å²) in [6.45, 7) is 2.37. The molecule has 1 aromatic carbocycles. The van der Waals surface area contributed by atoms with Crippen LogP contribution in [0.2, 0.25) is 5.02 Å². The molecule has 0 spiro atoms. The normalized spacial score (nSPS) is 22.9. The number of carbonyl (C=O) groups is 1. The second-order valence-electron chi connectivity index (χ2n) is 7.36. The molecule has 2 aliphatic heterocycles. The highest BCUT2D eigenvalue weighted by atomic mass is 35.5. The minimum Gasteiger partial charge on any atom is -0.352 e. The molecule has 2 saturated heterocycles. The van der Waals surface area contributed by atoms with Gasteiger partial charge in [0.1, 0.15) is 0 Å². The number of nitrogens with zero attached hydrogens (tertiary/aromatic N) is 2. The van der Waals surface area contributed by atoms with Crippen molar-refractivity contribution in [1.82, 2.24) is 13.9 Å². The lowest BCUT2D eigenvalue weighted by Crippen LogP contribution is -2.50.